The monoisotopic (exact) mass is 633 g/mol. The van der Waals surface area contributed by atoms with Crippen LogP contribution in [-0.2, 0) is 14.8 Å². The van der Waals surface area contributed by atoms with Crippen molar-refractivity contribution in [2.45, 2.75) is 54.9 Å². The molecule has 5 N–H and O–H groups in total. The molecule has 14 heteroatoms. The number of rotatable bonds is 10. The van der Waals surface area contributed by atoms with E-state index in [-0.39, 0.29) is 42.0 Å². The molecule has 1 fully saturated rings. The molecule has 2 aliphatic carbocycles. The Morgan fingerprint density at radius 2 is 2.12 bits per heavy atom. The second-order valence-electron chi connectivity index (χ2n) is 10.7. The summed E-state index contributed by atoms with van der Waals surface area (Å²) in [5, 5.41) is 7.55. The van der Waals surface area contributed by atoms with E-state index < -0.39 is 22.0 Å². The molecule has 11 nitrogen and oxygen atoms in total. The fourth-order valence-electron chi connectivity index (χ4n) is 6.04. The highest BCUT2D eigenvalue weighted by Crippen LogP contribution is 2.42. The van der Waals surface area contributed by atoms with E-state index in [4.69, 9.17) is 5.73 Å². The third-order valence-electron chi connectivity index (χ3n) is 8.23. The van der Waals surface area contributed by atoms with Gasteiger partial charge in [0.1, 0.15) is 10.3 Å². The maximum absolute atomic E-state index is 13.8. The molecular formula is C28H39N7O4S3. The van der Waals surface area contributed by atoms with Crippen molar-refractivity contribution in [1.82, 2.24) is 29.5 Å². The number of likely N-dealkylation sites (N-methyl/N-ethyl adjacent to an activating group) is 1. The predicted octanol–water partition coefficient (Wildman–Crippen LogP) is 1.92. The number of nitrogens with one attached hydrogen (secondary N) is 3. The highest BCUT2D eigenvalue weighted by molar-refractivity contribution is 7.91. The number of sulfonamides is 1. The minimum absolute atomic E-state index is 0.00404. The molecule has 2 unspecified atom stereocenters. The van der Waals surface area contributed by atoms with Gasteiger partial charge >= 0.3 is 6.03 Å². The number of carbonyl (C=O) groups excluding carboxylic acids is 2. The predicted molar refractivity (Wildman–Crippen MR) is 167 cm³/mol. The van der Waals surface area contributed by atoms with Gasteiger partial charge in [0.25, 0.3) is 10.0 Å². The summed E-state index contributed by atoms with van der Waals surface area (Å²) in [7, 11) is -3.93. The van der Waals surface area contributed by atoms with Gasteiger partial charge < -0.3 is 26.2 Å². The average Bonchev–Trinajstić information content (AvgIpc) is 3.66. The van der Waals surface area contributed by atoms with Crippen molar-refractivity contribution in [2.75, 3.05) is 39.3 Å². The van der Waals surface area contributed by atoms with Crippen LogP contribution >= 0.6 is 24.2 Å². The van der Waals surface area contributed by atoms with E-state index in [9.17, 15) is 18.0 Å². The van der Waals surface area contributed by atoms with Crippen molar-refractivity contribution in [3.8, 4) is 0 Å². The number of allylic oxidation sites excluding steroid dienone is 4. The van der Waals surface area contributed by atoms with Crippen LogP contribution in [0.5, 0.6) is 0 Å². The number of thiophene rings is 1. The third kappa shape index (κ3) is 6.19. The van der Waals surface area contributed by atoms with Crippen LogP contribution in [0.25, 0.3) is 0 Å². The molecule has 5 rings (SSSR count). The zero-order valence-electron chi connectivity index (χ0n) is 23.7. The standard InChI is InChI=1S/C28H39N7O4S3/c1-2-34-23-7-4-3-6-21(23)22-16-19(9-10-24(22)34)31-27(36)25-18-33(28(37)30-12-11-20(17-29)32-40)13-14-35(25)42(38,39)26-8-5-15-41-26/h3,5-6,8-9,15-16,20,24-25,32,40H,2,4,7,10-14,17-18,29H2,1H3,(H,30,37)(H,31,36)/t20?,24?,25-/m0/s1. The molecule has 42 heavy (non-hydrogen) atoms. The highest BCUT2D eigenvalue weighted by Gasteiger charge is 2.42. The number of amides is 3. The van der Waals surface area contributed by atoms with Gasteiger partial charge in [0.15, 0.2) is 0 Å². The number of urea groups is 1. The summed E-state index contributed by atoms with van der Waals surface area (Å²) in [5.74, 6) is -0.463. The Morgan fingerprint density at radius 3 is 2.83 bits per heavy atom. The Hall–Kier alpha value is -2.62. The van der Waals surface area contributed by atoms with Gasteiger partial charge in [-0.2, -0.15) is 4.31 Å². The lowest BCUT2D eigenvalue weighted by Crippen LogP contribution is -2.62. The first kappa shape index (κ1) is 30.8. The summed E-state index contributed by atoms with van der Waals surface area (Å²) in [5.41, 5.74) is 10.1. The van der Waals surface area contributed by atoms with Crippen LogP contribution in [0.4, 0.5) is 4.79 Å². The number of hydrogen-bond acceptors (Lipinski definition) is 9. The van der Waals surface area contributed by atoms with E-state index in [2.05, 4.69) is 52.1 Å². The Bertz CT molecular complexity index is 1400. The topological polar surface area (TPSA) is 140 Å². The van der Waals surface area contributed by atoms with Gasteiger partial charge in [-0.3, -0.25) is 9.52 Å². The first-order valence-electron chi connectivity index (χ1n) is 14.4. The molecule has 3 amide bonds. The smallest absolute Gasteiger partial charge is 0.317 e. The maximum Gasteiger partial charge on any atom is 0.317 e. The number of piperazine rings is 1. The van der Waals surface area contributed by atoms with E-state index in [1.165, 1.54) is 32.1 Å². The molecule has 1 aromatic heterocycles. The molecule has 3 heterocycles. The molecule has 1 saturated heterocycles. The number of carbonyl (C=O) groups is 2. The number of fused-ring (bicyclic) bond motifs is 2. The van der Waals surface area contributed by atoms with Gasteiger partial charge in [-0.25, -0.2) is 13.2 Å². The molecule has 0 spiro atoms. The van der Waals surface area contributed by atoms with Crippen molar-refractivity contribution < 1.29 is 18.0 Å². The van der Waals surface area contributed by atoms with Crippen LogP contribution in [0.2, 0.25) is 0 Å². The second kappa shape index (κ2) is 13.3. The molecule has 1 aromatic rings. The van der Waals surface area contributed by atoms with E-state index in [0.29, 0.717) is 25.2 Å². The first-order valence-corrected chi connectivity index (χ1v) is 17.1. The average molecular weight is 634 g/mol. The number of thiol groups is 1. The third-order valence-corrected chi connectivity index (χ3v) is 11.9. The zero-order valence-corrected chi connectivity index (χ0v) is 26.2. The van der Waals surface area contributed by atoms with Crippen LogP contribution in [0.1, 0.15) is 32.6 Å². The first-order chi connectivity index (χ1) is 20.3. The van der Waals surface area contributed by atoms with Crippen LogP contribution in [-0.4, -0.2) is 91.9 Å². The number of nitrogens with zero attached hydrogens (tertiary/aromatic N) is 3. The van der Waals surface area contributed by atoms with Crippen molar-refractivity contribution in [3.05, 3.63) is 64.4 Å². The summed E-state index contributed by atoms with van der Waals surface area (Å²) in [6, 6.07) is 1.94. The molecular weight excluding hydrogens is 595 g/mol. The molecule has 4 aliphatic rings. The van der Waals surface area contributed by atoms with E-state index >= 15 is 0 Å². The van der Waals surface area contributed by atoms with Crippen LogP contribution < -0.4 is 21.1 Å². The second-order valence-corrected chi connectivity index (χ2v) is 14.0. The molecule has 0 radical (unpaired) electrons. The highest BCUT2D eigenvalue weighted by atomic mass is 32.2. The fraction of sp³-hybridized carbons (Fsp3) is 0.500. The molecule has 0 bridgehead atoms. The van der Waals surface area contributed by atoms with E-state index in [1.54, 1.807) is 11.4 Å². The minimum Gasteiger partial charge on any atom is -0.367 e. The zero-order chi connectivity index (χ0) is 29.9. The van der Waals surface area contributed by atoms with Crippen LogP contribution in [0.15, 0.2) is 68.6 Å². The minimum atomic E-state index is -3.93. The lowest BCUT2D eigenvalue weighted by molar-refractivity contribution is -0.125. The largest absolute Gasteiger partial charge is 0.367 e. The molecule has 228 valence electrons. The summed E-state index contributed by atoms with van der Waals surface area (Å²) >= 11 is 5.16. The summed E-state index contributed by atoms with van der Waals surface area (Å²) in [6.07, 6.45) is 11.7. The van der Waals surface area contributed by atoms with Gasteiger partial charge in [-0.1, -0.05) is 37.1 Å². The Kier molecular flexibility index (Phi) is 9.80. The van der Waals surface area contributed by atoms with E-state index in [1.807, 2.05) is 12.2 Å². The Balaban J connectivity index is 1.34. The maximum atomic E-state index is 13.8. The van der Waals surface area contributed by atoms with Crippen molar-refractivity contribution in [1.29, 1.82) is 0 Å². The fourth-order valence-corrected chi connectivity index (χ4v) is 8.97. The molecule has 3 atom stereocenters. The summed E-state index contributed by atoms with van der Waals surface area (Å²) < 4.78 is 31.4. The van der Waals surface area contributed by atoms with Crippen molar-refractivity contribution >= 4 is 46.1 Å². The van der Waals surface area contributed by atoms with Crippen molar-refractivity contribution in [2.24, 2.45) is 5.73 Å². The SMILES string of the molecule is CCN1C2=C(C=CCC2)C2=CC(NC(=O)[C@@H]3CN(C(=O)NCCC(CN)NS)CCN3S(=O)(=O)c3cccs3)=CCC21. The van der Waals surface area contributed by atoms with Gasteiger partial charge in [0, 0.05) is 56.7 Å². The quantitative estimate of drug-likeness (QED) is 0.248. The molecule has 0 aromatic carbocycles. The lowest BCUT2D eigenvalue weighted by Gasteiger charge is -2.39. The summed E-state index contributed by atoms with van der Waals surface area (Å²) in [4.78, 5) is 30.8. The van der Waals surface area contributed by atoms with Crippen LogP contribution in [0, 0.1) is 0 Å². The Labute approximate surface area is 257 Å². The normalized spacial score (nSPS) is 23.2. The van der Waals surface area contributed by atoms with Gasteiger partial charge in [0.05, 0.1) is 6.04 Å². The Morgan fingerprint density at radius 1 is 1.29 bits per heavy atom. The number of nitrogens with two attached hydrogens (primary N) is 1. The lowest BCUT2D eigenvalue weighted by atomic mass is 9.92. The van der Waals surface area contributed by atoms with Crippen molar-refractivity contribution in [3.63, 3.8) is 0 Å². The summed E-state index contributed by atoms with van der Waals surface area (Å²) in [6.45, 7) is 3.91. The van der Waals surface area contributed by atoms with Gasteiger partial charge in [0.2, 0.25) is 5.91 Å². The number of hydrogen-bond donors (Lipinski definition) is 5. The van der Waals surface area contributed by atoms with Gasteiger partial charge in [-0.05, 0) is 61.3 Å². The van der Waals surface area contributed by atoms with Crippen LogP contribution in [0.3, 0.4) is 0 Å². The molecule has 0 saturated carbocycles. The molecule has 2 aliphatic heterocycles. The van der Waals surface area contributed by atoms with E-state index in [0.717, 1.165) is 37.1 Å². The van der Waals surface area contributed by atoms with Gasteiger partial charge in [-0.15, -0.1) is 11.3 Å².